The molecular formula is C20H24O4S. The lowest BCUT2D eigenvalue weighted by atomic mass is 10.2. The number of rotatable bonds is 10. The molecule has 134 valence electrons. The lowest BCUT2D eigenvalue weighted by Gasteiger charge is -2.16. The molecule has 1 saturated heterocycles. The highest BCUT2D eigenvalue weighted by molar-refractivity contribution is 7.91. The van der Waals surface area contributed by atoms with Crippen LogP contribution in [0.15, 0.2) is 53.4 Å². The van der Waals surface area contributed by atoms with E-state index in [0.717, 1.165) is 25.0 Å². The van der Waals surface area contributed by atoms with Gasteiger partial charge < -0.3 is 18.8 Å². The average molecular weight is 360 g/mol. The van der Waals surface area contributed by atoms with Crippen LogP contribution in [0.25, 0.3) is 0 Å². The summed E-state index contributed by atoms with van der Waals surface area (Å²) in [7, 11) is 0. The van der Waals surface area contributed by atoms with Crippen LogP contribution in [-0.4, -0.2) is 29.6 Å². The summed E-state index contributed by atoms with van der Waals surface area (Å²) in [4.78, 5) is 0.707. The lowest BCUT2D eigenvalue weighted by molar-refractivity contribution is 0.260. The molecule has 0 bridgehead atoms. The third-order valence-corrected chi connectivity index (χ3v) is 5.39. The summed E-state index contributed by atoms with van der Waals surface area (Å²) in [6.45, 7) is 3.84. The van der Waals surface area contributed by atoms with E-state index in [-0.39, 0.29) is 6.10 Å². The molecule has 4 nitrogen and oxygen atoms in total. The smallest absolute Gasteiger partial charge is 0.198 e. The van der Waals surface area contributed by atoms with Crippen molar-refractivity contribution in [2.45, 2.75) is 37.4 Å². The van der Waals surface area contributed by atoms with Crippen LogP contribution in [-0.2, 0) is 22.5 Å². The molecule has 0 aliphatic carbocycles. The molecule has 0 saturated carbocycles. The maximum absolute atomic E-state index is 12.7. The highest BCUT2D eigenvalue weighted by Gasteiger charge is 2.24. The Bertz CT molecular complexity index is 658. The molecule has 5 heteroatoms. The highest BCUT2D eigenvalue weighted by atomic mass is 32.2. The molecule has 1 unspecified atom stereocenters. The van der Waals surface area contributed by atoms with Crippen LogP contribution in [0.2, 0.25) is 0 Å². The summed E-state index contributed by atoms with van der Waals surface area (Å²) >= 11 is -1.10. The Hall–Kier alpha value is -1.69. The van der Waals surface area contributed by atoms with Crippen molar-refractivity contribution in [3.63, 3.8) is 0 Å². The standard InChI is InChI=1S/C20H24O4S/c1-2-3-11-25(21)20-12-17(22-14-18-15-23-18)9-10-19(20)24-13-16-7-5-4-6-8-16/h4-10,12,18H,2-3,11,13-15H2,1H3/t18-,25?/m1/s1. The molecule has 1 aliphatic rings. The molecule has 25 heavy (non-hydrogen) atoms. The fraction of sp³-hybridized carbons (Fsp3) is 0.400. The Morgan fingerprint density at radius 1 is 1.16 bits per heavy atom. The summed E-state index contributed by atoms with van der Waals surface area (Å²) in [5.74, 6) is 2.00. The van der Waals surface area contributed by atoms with Gasteiger partial charge in [-0.3, -0.25) is 0 Å². The van der Waals surface area contributed by atoms with E-state index < -0.39 is 11.2 Å². The van der Waals surface area contributed by atoms with Gasteiger partial charge in [0.2, 0.25) is 0 Å². The molecule has 0 N–H and O–H groups in total. The summed E-state index contributed by atoms with van der Waals surface area (Å²) in [6.07, 6.45) is 2.13. The third-order valence-electron chi connectivity index (χ3n) is 3.92. The molecule has 1 heterocycles. The van der Waals surface area contributed by atoms with Crippen LogP contribution >= 0.6 is 0 Å². The van der Waals surface area contributed by atoms with E-state index in [1.54, 1.807) is 0 Å². The minimum atomic E-state index is -1.10. The molecular weight excluding hydrogens is 336 g/mol. The molecule has 2 aromatic carbocycles. The fourth-order valence-corrected chi connectivity index (χ4v) is 3.72. The number of epoxide rings is 1. The SMILES string of the molecule is CCCC[S+]([O-])c1cc(OC[C@@H]2CO2)ccc1OCc1ccccc1. The molecule has 0 aromatic heterocycles. The van der Waals surface area contributed by atoms with Crippen LogP contribution < -0.4 is 9.47 Å². The number of hydrogen-bond donors (Lipinski definition) is 0. The van der Waals surface area contributed by atoms with Gasteiger partial charge in [-0.05, 0) is 35.3 Å². The number of ether oxygens (including phenoxy) is 3. The number of hydrogen-bond acceptors (Lipinski definition) is 4. The second kappa shape index (κ2) is 9.13. The van der Waals surface area contributed by atoms with E-state index in [0.29, 0.717) is 35.4 Å². The zero-order valence-electron chi connectivity index (χ0n) is 14.5. The molecule has 2 atom stereocenters. The van der Waals surface area contributed by atoms with E-state index in [4.69, 9.17) is 14.2 Å². The van der Waals surface area contributed by atoms with Crippen molar-refractivity contribution in [2.75, 3.05) is 19.0 Å². The zero-order valence-corrected chi connectivity index (χ0v) is 15.3. The molecule has 3 rings (SSSR count). The summed E-state index contributed by atoms with van der Waals surface area (Å²) < 4.78 is 29.5. The van der Waals surface area contributed by atoms with Crippen molar-refractivity contribution in [2.24, 2.45) is 0 Å². The zero-order chi connectivity index (χ0) is 17.5. The van der Waals surface area contributed by atoms with E-state index in [9.17, 15) is 4.55 Å². The van der Waals surface area contributed by atoms with Crippen LogP contribution in [0.3, 0.4) is 0 Å². The van der Waals surface area contributed by atoms with Crippen LogP contribution in [0.1, 0.15) is 25.3 Å². The fourth-order valence-electron chi connectivity index (χ4n) is 2.35. The first-order chi connectivity index (χ1) is 12.3. The molecule has 0 spiro atoms. The van der Waals surface area contributed by atoms with Gasteiger partial charge in [0.05, 0.1) is 6.61 Å². The third kappa shape index (κ3) is 5.66. The molecule has 1 fully saturated rings. The van der Waals surface area contributed by atoms with Gasteiger partial charge in [0.25, 0.3) is 0 Å². The van der Waals surface area contributed by atoms with Gasteiger partial charge in [-0.25, -0.2) is 0 Å². The minimum absolute atomic E-state index is 0.197. The first-order valence-electron chi connectivity index (χ1n) is 8.70. The first kappa shape index (κ1) is 18.1. The lowest BCUT2D eigenvalue weighted by Crippen LogP contribution is -2.11. The van der Waals surface area contributed by atoms with Gasteiger partial charge in [0.1, 0.15) is 30.8 Å². The summed E-state index contributed by atoms with van der Waals surface area (Å²) in [6, 6.07) is 15.5. The molecule has 2 aromatic rings. The topological polar surface area (TPSA) is 54.0 Å². The van der Waals surface area contributed by atoms with Crippen molar-refractivity contribution < 1.29 is 18.8 Å². The van der Waals surface area contributed by atoms with E-state index in [2.05, 4.69) is 6.92 Å². The van der Waals surface area contributed by atoms with Crippen LogP contribution in [0, 0.1) is 0 Å². The Labute approximate surface area is 152 Å². The maximum atomic E-state index is 12.7. The van der Waals surface area contributed by atoms with Gasteiger partial charge in [-0.2, -0.15) is 0 Å². The van der Waals surface area contributed by atoms with E-state index in [1.807, 2.05) is 48.5 Å². The minimum Gasteiger partial charge on any atom is -0.611 e. The predicted octanol–water partition coefficient (Wildman–Crippen LogP) is 3.95. The summed E-state index contributed by atoms with van der Waals surface area (Å²) in [5.41, 5.74) is 1.08. The Morgan fingerprint density at radius 3 is 2.68 bits per heavy atom. The number of unbranched alkanes of at least 4 members (excludes halogenated alkanes) is 1. The van der Waals surface area contributed by atoms with Gasteiger partial charge >= 0.3 is 0 Å². The van der Waals surface area contributed by atoms with Gasteiger partial charge in [0, 0.05) is 6.07 Å². The second-order valence-electron chi connectivity index (χ2n) is 6.05. The van der Waals surface area contributed by atoms with Crippen LogP contribution in [0.4, 0.5) is 0 Å². The largest absolute Gasteiger partial charge is 0.611 e. The molecule has 0 radical (unpaired) electrons. The van der Waals surface area contributed by atoms with E-state index in [1.165, 1.54) is 0 Å². The summed E-state index contributed by atoms with van der Waals surface area (Å²) in [5, 5.41) is 0. The van der Waals surface area contributed by atoms with Gasteiger partial charge in [0.15, 0.2) is 10.6 Å². The predicted molar refractivity (Wildman–Crippen MR) is 98.6 cm³/mol. The van der Waals surface area contributed by atoms with Gasteiger partial charge in [-0.15, -0.1) is 0 Å². The van der Waals surface area contributed by atoms with Crippen molar-refractivity contribution in [3.05, 3.63) is 54.1 Å². The average Bonchev–Trinajstić information content (AvgIpc) is 3.48. The van der Waals surface area contributed by atoms with E-state index >= 15 is 0 Å². The van der Waals surface area contributed by atoms with Crippen molar-refractivity contribution in [1.82, 2.24) is 0 Å². The van der Waals surface area contributed by atoms with Crippen molar-refractivity contribution in [1.29, 1.82) is 0 Å². The number of benzene rings is 2. The highest BCUT2D eigenvalue weighted by Crippen LogP contribution is 2.31. The van der Waals surface area contributed by atoms with Crippen molar-refractivity contribution in [3.8, 4) is 11.5 Å². The Kier molecular flexibility index (Phi) is 6.62. The quantitative estimate of drug-likeness (QED) is 0.475. The second-order valence-corrected chi connectivity index (χ2v) is 7.59. The first-order valence-corrected chi connectivity index (χ1v) is 10.0. The maximum Gasteiger partial charge on any atom is 0.198 e. The Balaban J connectivity index is 1.71. The van der Waals surface area contributed by atoms with Gasteiger partial charge in [-0.1, -0.05) is 43.7 Å². The monoisotopic (exact) mass is 360 g/mol. The molecule has 1 aliphatic heterocycles. The normalized spacial score (nSPS) is 17.1. The van der Waals surface area contributed by atoms with Crippen LogP contribution in [0.5, 0.6) is 11.5 Å². The Morgan fingerprint density at radius 2 is 1.96 bits per heavy atom. The van der Waals surface area contributed by atoms with Crippen molar-refractivity contribution >= 4 is 11.2 Å². The molecule has 0 amide bonds.